The third kappa shape index (κ3) is 14.7. The van der Waals surface area contributed by atoms with E-state index in [0.717, 1.165) is 77.7 Å². The number of nitrogens with zero attached hydrogens (tertiary/aromatic N) is 3. The van der Waals surface area contributed by atoms with E-state index in [-0.39, 0.29) is 18.2 Å². The van der Waals surface area contributed by atoms with E-state index < -0.39 is 26.8 Å². The molecule has 2 N–H and O–H groups in total. The lowest BCUT2D eigenvalue weighted by molar-refractivity contribution is 0.0544. The first-order valence-corrected chi connectivity index (χ1v) is 35.8. The average Bonchev–Trinajstić information content (AvgIpc) is 3.98. The smallest absolute Gasteiger partial charge is 0.419 e. The average molecular weight is 1100 g/mol. The highest BCUT2D eigenvalue weighted by Gasteiger charge is 2.32. The van der Waals surface area contributed by atoms with Gasteiger partial charge in [0, 0.05) is 82.3 Å². The van der Waals surface area contributed by atoms with Crippen LogP contribution in [0.4, 0.5) is 4.79 Å². The topological polar surface area (TPSA) is 126 Å². The van der Waals surface area contributed by atoms with Crippen LogP contribution >= 0.6 is 29.8 Å². The number of aryl methyl sites for hydroxylation is 2. The maximum Gasteiger partial charge on any atom is 0.419 e. The number of ether oxygens (including phenoxy) is 3. The van der Waals surface area contributed by atoms with Crippen molar-refractivity contribution in [2.75, 3.05) is 47.3 Å². The lowest BCUT2D eigenvalue weighted by atomic mass is 9.87. The van der Waals surface area contributed by atoms with E-state index in [1.807, 2.05) is 95.8 Å². The third-order valence-corrected chi connectivity index (χ3v) is 16.5. The number of H-pyrrole nitrogens is 1. The number of aromatic amines is 1. The summed E-state index contributed by atoms with van der Waals surface area (Å²) in [5, 5.41) is 3.65. The summed E-state index contributed by atoms with van der Waals surface area (Å²) in [6.07, 6.45) is 7.85. The third-order valence-electron chi connectivity index (χ3n) is 13.7. The Labute approximate surface area is 438 Å². The van der Waals surface area contributed by atoms with E-state index in [2.05, 4.69) is 94.8 Å². The number of nitrogens with one attached hydrogen (secondary N) is 1. The number of aromatic nitrogens is 2. The summed E-state index contributed by atoms with van der Waals surface area (Å²) in [7, 11) is -2.08. The number of carbonyl (C=O) groups excluding carboxylic acids is 1. The molecule has 4 aromatic carbocycles. The van der Waals surface area contributed by atoms with Gasteiger partial charge in [0.1, 0.15) is 30.9 Å². The van der Waals surface area contributed by atoms with Gasteiger partial charge in [-0.2, -0.15) is 0 Å². The minimum absolute atomic E-state index is 0.250. The lowest BCUT2D eigenvalue weighted by Crippen LogP contribution is -2.36. The molecule has 0 aliphatic carbocycles. The first kappa shape index (κ1) is 57.3. The number of likely N-dealkylation sites (tertiary alicyclic amines) is 2. The number of halogens is 1. The predicted molar refractivity (Wildman–Crippen MR) is 307 cm³/mol. The van der Waals surface area contributed by atoms with Gasteiger partial charge in [-0.3, -0.25) is 18.9 Å². The molecule has 2 aromatic heterocycles. The second kappa shape index (κ2) is 23.3. The zero-order valence-corrected chi connectivity index (χ0v) is 49.9. The van der Waals surface area contributed by atoms with Crippen LogP contribution in [0.2, 0.25) is 19.6 Å². The van der Waals surface area contributed by atoms with Crippen molar-refractivity contribution >= 4 is 75.0 Å². The zero-order valence-electron chi connectivity index (χ0n) is 45.6. The van der Waals surface area contributed by atoms with Crippen molar-refractivity contribution < 1.29 is 33.0 Å². The monoisotopic (exact) mass is 1100 g/mol. The number of hydrogen-bond acceptors (Lipinski definition) is 8. The molecule has 392 valence electrons. The first-order chi connectivity index (χ1) is 33.6. The molecule has 72 heavy (non-hydrogen) atoms. The van der Waals surface area contributed by atoms with Crippen molar-refractivity contribution in [1.29, 1.82) is 0 Å². The molecule has 1 unspecified atom stereocenters. The van der Waals surface area contributed by atoms with Crippen LogP contribution in [0.3, 0.4) is 0 Å². The molecule has 6 aromatic rings. The van der Waals surface area contributed by atoms with Crippen molar-refractivity contribution in [2.45, 2.75) is 125 Å². The lowest BCUT2D eigenvalue weighted by Gasteiger charge is -2.39. The van der Waals surface area contributed by atoms with E-state index in [1.54, 1.807) is 25.0 Å². The van der Waals surface area contributed by atoms with Gasteiger partial charge in [0.25, 0.3) is 0 Å². The van der Waals surface area contributed by atoms with Gasteiger partial charge in [-0.05, 0) is 157 Å². The van der Waals surface area contributed by atoms with Crippen LogP contribution in [-0.4, -0.2) is 89.9 Å². The summed E-state index contributed by atoms with van der Waals surface area (Å²) < 4.78 is 43.4. The van der Waals surface area contributed by atoms with E-state index >= 15 is 0 Å². The molecule has 11 nitrogen and oxygen atoms in total. The highest BCUT2D eigenvalue weighted by Crippen LogP contribution is 2.42. The predicted octanol–water partition coefficient (Wildman–Crippen LogP) is 14.2. The Bertz CT molecular complexity index is 2900. The molecule has 0 saturated carbocycles. The number of rotatable bonds is 10. The first-order valence-electron chi connectivity index (χ1n) is 25.3. The number of fused-ring (bicyclic) bond motifs is 2. The van der Waals surface area contributed by atoms with Crippen molar-refractivity contribution in [1.82, 2.24) is 19.4 Å². The van der Waals surface area contributed by atoms with Gasteiger partial charge < -0.3 is 28.7 Å². The van der Waals surface area contributed by atoms with Gasteiger partial charge in [0.15, 0.2) is 0 Å². The number of methoxy groups -OCH3 is 2. The maximum atomic E-state index is 13.0. The van der Waals surface area contributed by atoms with Gasteiger partial charge in [-0.1, -0.05) is 69.9 Å². The number of piperidine rings is 2. The fourth-order valence-electron chi connectivity index (χ4n) is 10.0. The summed E-state index contributed by atoms with van der Waals surface area (Å²) in [4.78, 5) is 31.3. The molecular weight excluding hydrogens is 1020 g/mol. The molecular formula is C57H81BrN4O7P2Si. The molecule has 2 aliphatic rings. The molecule has 4 heterocycles. The second-order valence-electron chi connectivity index (χ2n) is 22.7. The van der Waals surface area contributed by atoms with Gasteiger partial charge >= 0.3 is 6.09 Å². The number of benzene rings is 4. The minimum atomic E-state index is -3.23. The molecule has 2 fully saturated rings. The molecule has 5 atom stereocenters. The number of hydrogen-bond donors (Lipinski definition) is 2. The molecule has 0 bridgehead atoms. The van der Waals surface area contributed by atoms with Crippen molar-refractivity contribution in [3.63, 3.8) is 0 Å². The van der Waals surface area contributed by atoms with Crippen LogP contribution in [0.15, 0.2) is 85.2 Å². The Morgan fingerprint density at radius 3 is 1.65 bits per heavy atom. The Morgan fingerprint density at radius 2 is 1.21 bits per heavy atom. The van der Waals surface area contributed by atoms with Crippen LogP contribution in [0.25, 0.3) is 21.8 Å². The highest BCUT2D eigenvalue weighted by molar-refractivity contribution is 9.26. The summed E-state index contributed by atoms with van der Waals surface area (Å²) in [5.74, 6) is 3.03. The van der Waals surface area contributed by atoms with Gasteiger partial charge in [0.2, 0.25) is 7.37 Å². The van der Waals surface area contributed by atoms with E-state index in [0.29, 0.717) is 23.7 Å². The standard InChI is InChI=1S/C30H41N2O4P.C24H31N2O3P.C3H9BrSi/c1-20-13-15-31(26(17-20)22-9-11-23(12-10-22)37(7,8)34)19-25-24-14-16-32(29(33)36-30(3,4)5)28(24)21(2)18-27(25)35-6;1-16-10-12-26(22(13-16)18-5-7-19(8-6-18)30(4,27)28)15-21-20-9-11-25-24(20)17(2)14-23(21)29-3;1-5(2,3)4/h9-12,14,16,18,20,26H,13,15,17,19H2,1-8H3;5-9,11,14,16,22,25H,10,12-13,15H2,1-4H3,(H,27,28);1-3H3/t20-,26+;16-,22+;/m11./s1. The Morgan fingerprint density at radius 1 is 0.750 bits per heavy atom. The van der Waals surface area contributed by atoms with Crippen LogP contribution in [-0.2, 0) is 27.0 Å². The Kier molecular flexibility index (Phi) is 18.6. The normalized spacial score (nSPS) is 20.0. The highest BCUT2D eigenvalue weighted by atomic mass is 79.9. The molecule has 2 saturated heterocycles. The van der Waals surface area contributed by atoms with Gasteiger partial charge in [-0.25, -0.2) is 4.79 Å². The fourth-order valence-corrected chi connectivity index (χ4v) is 11.6. The molecule has 15 heteroatoms. The zero-order chi connectivity index (χ0) is 53.1. The van der Waals surface area contributed by atoms with Gasteiger partial charge in [0.05, 0.1) is 19.7 Å². The number of carbonyl (C=O) groups is 1. The van der Waals surface area contributed by atoms with E-state index in [9.17, 15) is 18.8 Å². The van der Waals surface area contributed by atoms with Crippen molar-refractivity contribution in [3.8, 4) is 11.5 Å². The van der Waals surface area contributed by atoms with Crippen LogP contribution in [0, 0.1) is 25.7 Å². The molecule has 2 aliphatic heterocycles. The summed E-state index contributed by atoms with van der Waals surface area (Å²) in [5.41, 5.74) is 8.34. The fraction of sp³-hybridized carbons (Fsp3) is 0.491. The largest absolute Gasteiger partial charge is 0.496 e. The second-order valence-corrected chi connectivity index (χ2v) is 39.4. The van der Waals surface area contributed by atoms with E-state index in [4.69, 9.17) is 14.2 Å². The van der Waals surface area contributed by atoms with Crippen LogP contribution in [0.5, 0.6) is 11.5 Å². The van der Waals surface area contributed by atoms with Crippen molar-refractivity contribution in [3.05, 3.63) is 119 Å². The van der Waals surface area contributed by atoms with Crippen LogP contribution in [0.1, 0.15) is 106 Å². The van der Waals surface area contributed by atoms with Crippen molar-refractivity contribution in [2.24, 2.45) is 11.8 Å². The Balaban J connectivity index is 0.000000219. The quantitative estimate of drug-likeness (QED) is 0.0783. The SMILES string of the molecule is COc1cc(C)c2[nH]ccc2c1CN1CC[C@@H](C)C[C@H]1c1ccc(P(C)(=O)O)cc1.COc1cc(C)c2c(ccn2C(=O)OC(C)(C)C)c1CN1CC[C@@H](C)C[C@H]1c1ccc(P(C)(C)=O)cc1.C[Si](C)(C)Br. The molecule has 0 spiro atoms. The summed E-state index contributed by atoms with van der Waals surface area (Å²) in [6.45, 7) is 28.8. The minimum Gasteiger partial charge on any atom is -0.496 e. The van der Waals surface area contributed by atoms with E-state index in [1.165, 1.54) is 46.2 Å². The molecule has 0 radical (unpaired) electrons. The van der Waals surface area contributed by atoms with Crippen LogP contribution < -0.4 is 20.1 Å². The Hall–Kier alpha value is -3.93. The molecule has 8 rings (SSSR count). The summed E-state index contributed by atoms with van der Waals surface area (Å²) >= 11 is 3.51. The summed E-state index contributed by atoms with van der Waals surface area (Å²) in [6, 6.07) is 24.8. The van der Waals surface area contributed by atoms with Gasteiger partial charge in [-0.15, -0.1) is 15.3 Å². The molecule has 0 amide bonds. The maximum absolute atomic E-state index is 13.0.